The summed E-state index contributed by atoms with van der Waals surface area (Å²) in [5, 5.41) is 3.81. The highest BCUT2D eigenvalue weighted by Crippen LogP contribution is 2.54. The Morgan fingerprint density at radius 3 is 2.34 bits per heavy atom. The molecule has 0 radical (unpaired) electrons. The summed E-state index contributed by atoms with van der Waals surface area (Å²) in [7, 11) is -5.78. The van der Waals surface area contributed by atoms with Gasteiger partial charge in [-0.25, -0.2) is 4.98 Å². The molecule has 0 saturated heterocycles. The number of anilines is 2. The number of hydrogen-bond acceptors (Lipinski definition) is 5. The van der Waals surface area contributed by atoms with Crippen LogP contribution in [0.15, 0.2) is 24.4 Å². The van der Waals surface area contributed by atoms with Gasteiger partial charge < -0.3 is 9.50 Å². The Kier molecular flexibility index (Phi) is 4.93. The van der Waals surface area contributed by atoms with Crippen molar-refractivity contribution in [2.75, 3.05) is 5.32 Å². The zero-order valence-corrected chi connectivity index (χ0v) is 17.0. The zero-order chi connectivity index (χ0) is 21.0. The van der Waals surface area contributed by atoms with Crippen molar-refractivity contribution in [2.45, 2.75) is 50.0 Å². The van der Waals surface area contributed by atoms with E-state index in [1.165, 1.54) is 6.20 Å². The number of nitrogens with zero attached hydrogens (tertiary/aromatic N) is 1. The Labute approximate surface area is 171 Å². The van der Waals surface area contributed by atoms with Crippen molar-refractivity contribution < 1.29 is 25.8 Å². The Balaban J connectivity index is 1.78. The molecule has 10 heteroatoms. The molecule has 0 spiro atoms. The molecule has 2 aromatic rings. The van der Waals surface area contributed by atoms with Gasteiger partial charge in [0, 0.05) is 16.3 Å². The Morgan fingerprint density at radius 1 is 1.14 bits per heavy atom. The summed E-state index contributed by atoms with van der Waals surface area (Å²) in [6.07, 6.45) is 4.63. The van der Waals surface area contributed by atoms with E-state index >= 15 is 0 Å². The van der Waals surface area contributed by atoms with Crippen LogP contribution in [0.4, 0.5) is 24.5 Å². The van der Waals surface area contributed by atoms with Crippen molar-refractivity contribution in [3.05, 3.63) is 46.1 Å². The Bertz CT molecular complexity index is 1070. The molecule has 3 aliphatic carbocycles. The molecule has 29 heavy (non-hydrogen) atoms. The van der Waals surface area contributed by atoms with Gasteiger partial charge in [0.25, 0.3) is 0 Å². The van der Waals surface area contributed by atoms with E-state index in [0.717, 1.165) is 36.8 Å². The molecule has 1 heterocycles. The number of nitrogens with one attached hydrogen (secondary N) is 1. The minimum Gasteiger partial charge on any atom is -0.355 e. The van der Waals surface area contributed by atoms with Crippen LogP contribution in [-0.2, 0) is 10.1 Å². The normalized spacial score (nSPS) is 21.0. The van der Waals surface area contributed by atoms with Crippen molar-refractivity contribution in [3.8, 4) is 5.88 Å². The van der Waals surface area contributed by atoms with Gasteiger partial charge in [-0.15, -0.1) is 0 Å². The van der Waals surface area contributed by atoms with E-state index in [4.69, 9.17) is 11.6 Å². The number of fused-ring (bicyclic) bond motifs is 2. The number of alkyl halides is 3. The average molecular weight is 447 g/mol. The largest absolute Gasteiger partial charge is 0.534 e. The molecule has 5 rings (SSSR count). The number of pyridine rings is 1. The van der Waals surface area contributed by atoms with Gasteiger partial charge in [-0.3, -0.25) is 0 Å². The molecule has 1 aromatic heterocycles. The van der Waals surface area contributed by atoms with E-state index < -0.39 is 21.5 Å². The topological polar surface area (TPSA) is 68.3 Å². The number of benzene rings is 1. The highest BCUT2D eigenvalue weighted by molar-refractivity contribution is 7.87. The van der Waals surface area contributed by atoms with Crippen LogP contribution in [-0.4, -0.2) is 18.9 Å². The summed E-state index contributed by atoms with van der Waals surface area (Å²) in [6, 6.07) is 5.44. The predicted molar refractivity (Wildman–Crippen MR) is 103 cm³/mol. The smallest absolute Gasteiger partial charge is 0.355 e. The van der Waals surface area contributed by atoms with Gasteiger partial charge in [-0.05, 0) is 67.7 Å². The summed E-state index contributed by atoms with van der Waals surface area (Å²) >= 11 is 6.18. The molecule has 0 unspecified atom stereocenters. The van der Waals surface area contributed by atoms with Gasteiger partial charge >= 0.3 is 15.6 Å². The summed E-state index contributed by atoms with van der Waals surface area (Å²) < 4.78 is 66.0. The molecule has 0 atom stereocenters. The van der Waals surface area contributed by atoms with Crippen LogP contribution < -0.4 is 9.50 Å². The number of aryl methyl sites for hydroxylation is 1. The lowest BCUT2D eigenvalue weighted by molar-refractivity contribution is -0.0501. The van der Waals surface area contributed by atoms with Gasteiger partial charge in [-0.1, -0.05) is 17.7 Å². The molecule has 5 nitrogen and oxygen atoms in total. The molecule has 1 fully saturated rings. The molecule has 3 aliphatic rings. The first-order valence-corrected chi connectivity index (χ1v) is 10.9. The molecule has 0 amide bonds. The molecule has 1 saturated carbocycles. The van der Waals surface area contributed by atoms with Crippen LogP contribution >= 0.6 is 11.6 Å². The van der Waals surface area contributed by atoms with Crippen molar-refractivity contribution in [3.63, 3.8) is 0 Å². The maximum absolute atomic E-state index is 12.8. The van der Waals surface area contributed by atoms with E-state index in [1.54, 1.807) is 6.07 Å². The van der Waals surface area contributed by atoms with E-state index in [2.05, 4.69) is 14.5 Å². The molecule has 156 valence electrons. The molecular weight excluding hydrogens is 429 g/mol. The third-order valence-corrected chi connectivity index (χ3v) is 6.94. The zero-order valence-electron chi connectivity index (χ0n) is 15.4. The van der Waals surface area contributed by atoms with E-state index in [0.29, 0.717) is 22.0 Å². The predicted octanol–water partition coefficient (Wildman–Crippen LogP) is 5.77. The van der Waals surface area contributed by atoms with Crippen LogP contribution in [0, 0.1) is 6.92 Å². The number of halogens is 4. The summed E-state index contributed by atoms with van der Waals surface area (Å²) in [5.74, 6) is -0.444. The van der Waals surface area contributed by atoms with Crippen LogP contribution in [0.3, 0.4) is 0 Å². The van der Waals surface area contributed by atoms with Crippen molar-refractivity contribution >= 4 is 33.1 Å². The van der Waals surface area contributed by atoms with Gasteiger partial charge in [0.2, 0.25) is 5.88 Å². The SMILES string of the molecule is Cc1ccc(Nc2cnc(OS(=O)(=O)C(F)(F)F)c3c2C2CCC3CC2)cc1Cl. The van der Waals surface area contributed by atoms with Crippen LogP contribution in [0.1, 0.15) is 54.2 Å². The van der Waals surface area contributed by atoms with Crippen molar-refractivity contribution in [1.29, 1.82) is 0 Å². The number of rotatable bonds is 4. The standard InChI is InChI=1S/C19H18ClF3N2O3S/c1-10-2-7-13(8-14(10)20)25-15-9-24-18(28-29(26,27)19(21,22)23)17-12-5-3-11(4-6-12)16(15)17/h2,7-9,11-12,25H,3-6H2,1H3. The summed E-state index contributed by atoms with van der Waals surface area (Å²) in [4.78, 5) is 3.95. The van der Waals surface area contributed by atoms with Gasteiger partial charge in [-0.2, -0.15) is 21.6 Å². The van der Waals surface area contributed by atoms with E-state index in [-0.39, 0.29) is 11.8 Å². The lowest BCUT2D eigenvalue weighted by Gasteiger charge is -2.39. The maximum Gasteiger partial charge on any atom is 0.534 e. The third kappa shape index (κ3) is 3.66. The fraction of sp³-hybridized carbons (Fsp3) is 0.421. The van der Waals surface area contributed by atoms with Gasteiger partial charge in [0.1, 0.15) is 0 Å². The third-order valence-electron chi connectivity index (χ3n) is 5.59. The molecule has 1 aromatic carbocycles. The second-order valence-electron chi connectivity index (χ2n) is 7.43. The minimum atomic E-state index is -5.78. The number of hydrogen-bond donors (Lipinski definition) is 1. The fourth-order valence-corrected chi connectivity index (χ4v) is 4.79. The van der Waals surface area contributed by atoms with E-state index in [1.807, 2.05) is 19.1 Å². The minimum absolute atomic E-state index is 0.0794. The molecule has 0 aliphatic heterocycles. The summed E-state index contributed by atoms with van der Waals surface area (Å²) in [5.41, 5.74) is -2.01. The lowest BCUT2D eigenvalue weighted by Crippen LogP contribution is -2.30. The van der Waals surface area contributed by atoms with Crippen molar-refractivity contribution in [2.24, 2.45) is 0 Å². The van der Waals surface area contributed by atoms with E-state index in [9.17, 15) is 21.6 Å². The highest BCUT2D eigenvalue weighted by atomic mass is 35.5. The Hall–Kier alpha value is -2.00. The second kappa shape index (κ2) is 7.05. The monoisotopic (exact) mass is 446 g/mol. The van der Waals surface area contributed by atoms with Gasteiger partial charge in [0.15, 0.2) is 0 Å². The highest BCUT2D eigenvalue weighted by Gasteiger charge is 2.50. The Morgan fingerprint density at radius 2 is 1.76 bits per heavy atom. The lowest BCUT2D eigenvalue weighted by atomic mass is 9.67. The van der Waals surface area contributed by atoms with Crippen molar-refractivity contribution in [1.82, 2.24) is 4.98 Å². The van der Waals surface area contributed by atoms with Gasteiger partial charge in [0.05, 0.1) is 11.9 Å². The quantitative estimate of drug-likeness (QED) is 0.477. The first kappa shape index (κ1) is 20.3. The fourth-order valence-electron chi connectivity index (χ4n) is 4.17. The first-order chi connectivity index (χ1) is 13.6. The molecule has 1 N–H and O–H groups in total. The number of aromatic nitrogens is 1. The average Bonchev–Trinajstić information content (AvgIpc) is 2.66. The van der Waals surface area contributed by atoms with Crippen LogP contribution in [0.2, 0.25) is 5.02 Å². The van der Waals surface area contributed by atoms with Crippen LogP contribution in [0.5, 0.6) is 5.88 Å². The first-order valence-electron chi connectivity index (χ1n) is 9.13. The summed E-state index contributed by atoms with van der Waals surface area (Å²) in [6.45, 7) is 1.88. The van der Waals surface area contributed by atoms with Crippen LogP contribution in [0.25, 0.3) is 0 Å². The molecule has 2 bridgehead atoms. The maximum atomic E-state index is 12.8. The molecular formula is C19H18ClF3N2O3S. The second-order valence-corrected chi connectivity index (χ2v) is 9.37.